The van der Waals surface area contributed by atoms with E-state index in [4.69, 9.17) is 5.73 Å². The molecule has 5 rings (SSSR count). The molecule has 1 aromatic heterocycles. The quantitative estimate of drug-likeness (QED) is 0.890. The first-order valence-corrected chi connectivity index (χ1v) is 10.0. The molecule has 1 aromatic carbocycles. The Balaban J connectivity index is 1.40. The van der Waals surface area contributed by atoms with Gasteiger partial charge in [0.05, 0.1) is 5.69 Å². The molecule has 3 N–H and O–H groups in total. The number of nitrogens with zero attached hydrogens (tertiary/aromatic N) is 3. The molecule has 1 saturated carbocycles. The Morgan fingerprint density at radius 3 is 2.65 bits per heavy atom. The molecule has 0 unspecified atom stereocenters. The van der Waals surface area contributed by atoms with E-state index in [0.717, 1.165) is 36.8 Å². The third-order valence-corrected chi connectivity index (χ3v) is 6.28. The average Bonchev–Trinajstić information content (AvgIpc) is 3.06. The van der Waals surface area contributed by atoms with E-state index in [-0.39, 0.29) is 0 Å². The first kappa shape index (κ1) is 16.1. The minimum atomic E-state index is 0.373. The summed E-state index contributed by atoms with van der Waals surface area (Å²) in [6.45, 7) is 2.56. The van der Waals surface area contributed by atoms with E-state index in [1.807, 2.05) is 0 Å². The van der Waals surface area contributed by atoms with Gasteiger partial charge in [0, 0.05) is 23.2 Å². The number of anilines is 2. The van der Waals surface area contributed by atoms with Crippen molar-refractivity contribution < 1.29 is 0 Å². The van der Waals surface area contributed by atoms with Crippen LogP contribution in [0.15, 0.2) is 24.3 Å². The van der Waals surface area contributed by atoms with Crippen molar-refractivity contribution in [1.82, 2.24) is 14.9 Å². The highest BCUT2D eigenvalue weighted by Gasteiger charge is 2.35. The summed E-state index contributed by atoms with van der Waals surface area (Å²) in [5, 5.41) is 3.70. The molecule has 1 aliphatic heterocycles. The number of nitrogen functional groups attached to an aromatic ring is 1. The number of hydrogen-bond acceptors (Lipinski definition) is 5. The Morgan fingerprint density at radius 2 is 1.81 bits per heavy atom. The molecule has 1 saturated heterocycles. The van der Waals surface area contributed by atoms with Crippen molar-refractivity contribution >= 4 is 11.8 Å². The van der Waals surface area contributed by atoms with Crippen LogP contribution in [-0.4, -0.2) is 40.0 Å². The van der Waals surface area contributed by atoms with Gasteiger partial charge in [-0.25, -0.2) is 4.98 Å². The SMILES string of the molecule is Nc1nc(N[C@H]2C[C@H](N3CCCC3)C2)c2c(n1)-c1ccccc1CCC2. The number of rotatable bonds is 3. The molecule has 2 aliphatic carbocycles. The van der Waals surface area contributed by atoms with Crippen molar-refractivity contribution in [3.8, 4) is 11.3 Å². The molecule has 2 heterocycles. The third kappa shape index (κ3) is 2.84. The van der Waals surface area contributed by atoms with Crippen LogP contribution in [0.5, 0.6) is 0 Å². The Bertz CT molecular complexity index is 806. The molecule has 5 heteroatoms. The van der Waals surface area contributed by atoms with Gasteiger partial charge in [0.25, 0.3) is 0 Å². The number of aryl methyl sites for hydroxylation is 1. The van der Waals surface area contributed by atoms with E-state index in [1.54, 1.807) is 0 Å². The van der Waals surface area contributed by atoms with Crippen LogP contribution in [0, 0.1) is 0 Å². The van der Waals surface area contributed by atoms with Crippen molar-refractivity contribution in [1.29, 1.82) is 0 Å². The summed E-state index contributed by atoms with van der Waals surface area (Å²) < 4.78 is 0. The molecule has 136 valence electrons. The van der Waals surface area contributed by atoms with Crippen molar-refractivity contribution in [2.45, 2.75) is 57.0 Å². The van der Waals surface area contributed by atoms with E-state index in [2.05, 4.69) is 44.5 Å². The number of fused-ring (bicyclic) bond motifs is 3. The van der Waals surface area contributed by atoms with Crippen LogP contribution in [0.1, 0.15) is 43.2 Å². The van der Waals surface area contributed by atoms with Gasteiger partial charge < -0.3 is 16.0 Å². The Hall–Kier alpha value is -2.14. The van der Waals surface area contributed by atoms with Gasteiger partial charge in [-0.15, -0.1) is 0 Å². The summed E-state index contributed by atoms with van der Waals surface area (Å²) in [4.78, 5) is 11.9. The molecule has 2 aromatic rings. The first-order valence-electron chi connectivity index (χ1n) is 10.0. The highest BCUT2D eigenvalue weighted by molar-refractivity contribution is 5.73. The fourth-order valence-electron chi connectivity index (χ4n) is 4.81. The van der Waals surface area contributed by atoms with E-state index < -0.39 is 0 Å². The van der Waals surface area contributed by atoms with Crippen molar-refractivity contribution in [3.63, 3.8) is 0 Å². The van der Waals surface area contributed by atoms with Gasteiger partial charge in [0.2, 0.25) is 5.95 Å². The number of likely N-dealkylation sites (tertiary alicyclic amines) is 1. The molecule has 0 radical (unpaired) electrons. The number of hydrogen-bond donors (Lipinski definition) is 2. The van der Waals surface area contributed by atoms with Crippen LogP contribution < -0.4 is 11.1 Å². The molecular formula is C21H27N5. The summed E-state index contributed by atoms with van der Waals surface area (Å²) in [7, 11) is 0. The minimum absolute atomic E-state index is 0.373. The Morgan fingerprint density at radius 1 is 1.00 bits per heavy atom. The lowest BCUT2D eigenvalue weighted by molar-refractivity contribution is 0.145. The first-order chi connectivity index (χ1) is 12.8. The second-order valence-corrected chi connectivity index (χ2v) is 7.98. The average molecular weight is 349 g/mol. The molecule has 0 spiro atoms. The lowest BCUT2D eigenvalue weighted by Gasteiger charge is -2.42. The second kappa shape index (κ2) is 6.54. The van der Waals surface area contributed by atoms with Crippen LogP contribution in [0.4, 0.5) is 11.8 Å². The minimum Gasteiger partial charge on any atom is -0.368 e. The lowest BCUT2D eigenvalue weighted by atomic mass is 9.85. The predicted molar refractivity (Wildman–Crippen MR) is 105 cm³/mol. The van der Waals surface area contributed by atoms with Crippen LogP contribution in [-0.2, 0) is 12.8 Å². The smallest absolute Gasteiger partial charge is 0.222 e. The van der Waals surface area contributed by atoms with E-state index >= 15 is 0 Å². The fourth-order valence-corrected chi connectivity index (χ4v) is 4.81. The maximum absolute atomic E-state index is 6.08. The van der Waals surface area contributed by atoms with Gasteiger partial charge in [-0.05, 0) is 63.6 Å². The van der Waals surface area contributed by atoms with E-state index in [1.165, 1.54) is 55.5 Å². The van der Waals surface area contributed by atoms with Gasteiger partial charge in [-0.3, -0.25) is 0 Å². The highest BCUT2D eigenvalue weighted by Crippen LogP contribution is 2.37. The molecule has 26 heavy (non-hydrogen) atoms. The van der Waals surface area contributed by atoms with Crippen LogP contribution >= 0.6 is 0 Å². The summed E-state index contributed by atoms with van der Waals surface area (Å²) in [5.74, 6) is 1.34. The van der Waals surface area contributed by atoms with Crippen molar-refractivity contribution in [2.75, 3.05) is 24.1 Å². The molecule has 3 aliphatic rings. The summed E-state index contributed by atoms with van der Waals surface area (Å²) in [5.41, 5.74) is 10.9. The maximum atomic E-state index is 6.08. The summed E-state index contributed by atoms with van der Waals surface area (Å²) in [6, 6.07) is 9.85. The van der Waals surface area contributed by atoms with E-state index in [0.29, 0.717) is 12.0 Å². The normalized spacial score (nSPS) is 25.1. The molecule has 5 nitrogen and oxygen atoms in total. The van der Waals surface area contributed by atoms with Gasteiger partial charge in [-0.1, -0.05) is 24.3 Å². The number of benzene rings is 1. The molecule has 0 bridgehead atoms. The highest BCUT2D eigenvalue weighted by atomic mass is 15.2. The molecule has 2 fully saturated rings. The zero-order valence-corrected chi connectivity index (χ0v) is 15.2. The standard InChI is InChI=1S/C21H27N5/c22-21-24-19-17-8-2-1-6-14(17)7-5-9-18(19)20(25-21)23-15-12-16(13-15)26-10-3-4-11-26/h1-2,6,8,15-16H,3-5,7,9-13H2,(H3,22,23,24,25)/t15-,16-. The maximum Gasteiger partial charge on any atom is 0.222 e. The third-order valence-electron chi connectivity index (χ3n) is 6.28. The van der Waals surface area contributed by atoms with Gasteiger partial charge in [-0.2, -0.15) is 4.98 Å². The predicted octanol–water partition coefficient (Wildman–Crippen LogP) is 3.25. The number of nitrogens with two attached hydrogens (primary N) is 1. The number of nitrogens with one attached hydrogen (secondary N) is 1. The van der Waals surface area contributed by atoms with E-state index in [9.17, 15) is 0 Å². The fraction of sp³-hybridized carbons (Fsp3) is 0.524. The van der Waals surface area contributed by atoms with Crippen molar-refractivity contribution in [2.24, 2.45) is 0 Å². The van der Waals surface area contributed by atoms with Gasteiger partial charge in [0.15, 0.2) is 0 Å². The van der Waals surface area contributed by atoms with Crippen LogP contribution in [0.3, 0.4) is 0 Å². The Kier molecular flexibility index (Phi) is 4.04. The zero-order chi connectivity index (χ0) is 17.5. The topological polar surface area (TPSA) is 67.1 Å². The Labute approximate surface area is 155 Å². The molecule has 0 amide bonds. The summed E-state index contributed by atoms with van der Waals surface area (Å²) >= 11 is 0. The largest absolute Gasteiger partial charge is 0.368 e. The van der Waals surface area contributed by atoms with Crippen LogP contribution in [0.25, 0.3) is 11.3 Å². The van der Waals surface area contributed by atoms with Gasteiger partial charge >= 0.3 is 0 Å². The molecule has 0 atom stereocenters. The monoisotopic (exact) mass is 349 g/mol. The second-order valence-electron chi connectivity index (χ2n) is 7.98. The lowest BCUT2D eigenvalue weighted by Crippen LogP contribution is -2.49. The summed E-state index contributed by atoms with van der Waals surface area (Å²) in [6.07, 6.45) is 8.40. The van der Waals surface area contributed by atoms with Crippen LogP contribution in [0.2, 0.25) is 0 Å². The number of aromatic nitrogens is 2. The molecular weight excluding hydrogens is 322 g/mol. The zero-order valence-electron chi connectivity index (χ0n) is 15.2. The van der Waals surface area contributed by atoms with Gasteiger partial charge in [0.1, 0.15) is 5.82 Å². The van der Waals surface area contributed by atoms with Crippen molar-refractivity contribution in [3.05, 3.63) is 35.4 Å².